The molecule has 1 aromatic heterocycles. The second kappa shape index (κ2) is 7.47. The quantitative estimate of drug-likeness (QED) is 0.711. The van der Waals surface area contributed by atoms with E-state index >= 15 is 0 Å². The molecule has 154 valence electrons. The van der Waals surface area contributed by atoms with Crippen molar-refractivity contribution in [3.63, 3.8) is 0 Å². The summed E-state index contributed by atoms with van der Waals surface area (Å²) < 4.78 is 24.2. The Morgan fingerprint density at radius 2 is 1.89 bits per heavy atom. The smallest absolute Gasteiger partial charge is 0.257 e. The minimum absolute atomic E-state index is 0.0415. The Labute approximate surface area is 169 Å². The highest BCUT2D eigenvalue weighted by Gasteiger charge is 2.38. The van der Waals surface area contributed by atoms with Gasteiger partial charge in [0.1, 0.15) is 16.8 Å². The maximum absolute atomic E-state index is 12.9. The first-order chi connectivity index (χ1) is 13.1. The zero-order chi connectivity index (χ0) is 20.8. The van der Waals surface area contributed by atoms with E-state index in [1.165, 1.54) is 30.1 Å². The third-order valence-corrected chi connectivity index (χ3v) is 8.76. The highest BCUT2D eigenvalue weighted by molar-refractivity contribution is 7.92. The number of thiophene rings is 1. The first-order valence-electron chi connectivity index (χ1n) is 9.33. The minimum Gasteiger partial charge on any atom is -0.336 e. The number of sulfone groups is 1. The molecular weight excluding hydrogens is 402 g/mol. The SMILES string of the molecule is CCN1C(=O)CN(C)C(=O)c2c1sc1c2CCN(C(=O)C(C)S(=O)(=O)CC)C1. The van der Waals surface area contributed by atoms with Gasteiger partial charge in [0, 0.05) is 30.8 Å². The molecular formula is C18H25N3O5S2. The van der Waals surface area contributed by atoms with Crippen molar-refractivity contribution >= 4 is 43.9 Å². The standard InChI is InChI=1S/C18H25N3O5S2/c1-5-21-14(22)10-19(4)17(24)15-12-7-8-20(9-13(12)27-18(15)21)16(23)11(3)28(25,26)6-2/h11H,5-10H2,1-4H3. The van der Waals surface area contributed by atoms with Crippen molar-refractivity contribution in [2.45, 2.75) is 39.0 Å². The van der Waals surface area contributed by atoms with Gasteiger partial charge >= 0.3 is 0 Å². The molecule has 8 nitrogen and oxygen atoms in total. The van der Waals surface area contributed by atoms with Gasteiger partial charge in [0.15, 0.2) is 9.84 Å². The monoisotopic (exact) mass is 427 g/mol. The third-order valence-electron chi connectivity index (χ3n) is 5.43. The number of hydrogen-bond acceptors (Lipinski definition) is 6. The van der Waals surface area contributed by atoms with E-state index in [2.05, 4.69) is 0 Å². The molecule has 28 heavy (non-hydrogen) atoms. The van der Waals surface area contributed by atoms with Crippen molar-refractivity contribution in [3.05, 3.63) is 16.0 Å². The van der Waals surface area contributed by atoms with Gasteiger partial charge < -0.3 is 14.7 Å². The van der Waals surface area contributed by atoms with Crippen LogP contribution in [0.25, 0.3) is 0 Å². The number of rotatable bonds is 4. The third kappa shape index (κ3) is 3.32. The second-order valence-electron chi connectivity index (χ2n) is 7.09. The maximum atomic E-state index is 12.9. The van der Waals surface area contributed by atoms with Crippen molar-refractivity contribution in [3.8, 4) is 0 Å². The number of fused-ring (bicyclic) bond motifs is 3. The van der Waals surface area contributed by atoms with Crippen LogP contribution in [0.2, 0.25) is 0 Å². The Hall–Kier alpha value is -1.94. The van der Waals surface area contributed by atoms with Gasteiger partial charge in [0.25, 0.3) is 5.91 Å². The van der Waals surface area contributed by atoms with E-state index in [1.54, 1.807) is 16.8 Å². The molecule has 1 atom stereocenters. The number of hydrogen-bond donors (Lipinski definition) is 0. The first kappa shape index (κ1) is 20.8. The van der Waals surface area contributed by atoms with Crippen molar-refractivity contribution in [2.75, 3.05) is 37.3 Å². The summed E-state index contributed by atoms with van der Waals surface area (Å²) in [6, 6.07) is 0. The fourth-order valence-electron chi connectivity index (χ4n) is 3.63. The molecule has 3 rings (SSSR count). The normalized spacial score (nSPS) is 18.6. The second-order valence-corrected chi connectivity index (χ2v) is 10.8. The Morgan fingerprint density at radius 1 is 1.21 bits per heavy atom. The molecule has 1 aromatic rings. The lowest BCUT2D eigenvalue weighted by atomic mass is 10.0. The highest BCUT2D eigenvalue weighted by Crippen LogP contribution is 2.41. The molecule has 2 aliphatic heterocycles. The molecule has 2 aliphatic rings. The highest BCUT2D eigenvalue weighted by atomic mass is 32.2. The Morgan fingerprint density at radius 3 is 2.50 bits per heavy atom. The maximum Gasteiger partial charge on any atom is 0.257 e. The summed E-state index contributed by atoms with van der Waals surface area (Å²) in [7, 11) is -1.85. The number of amides is 3. The van der Waals surface area contributed by atoms with Crippen LogP contribution in [0.4, 0.5) is 5.00 Å². The predicted octanol–water partition coefficient (Wildman–Crippen LogP) is 0.894. The van der Waals surface area contributed by atoms with Crippen LogP contribution >= 0.6 is 11.3 Å². The van der Waals surface area contributed by atoms with Crippen molar-refractivity contribution in [1.82, 2.24) is 9.80 Å². The van der Waals surface area contributed by atoms with Gasteiger partial charge in [-0.1, -0.05) is 6.92 Å². The van der Waals surface area contributed by atoms with E-state index in [1.807, 2.05) is 6.92 Å². The van der Waals surface area contributed by atoms with E-state index in [4.69, 9.17) is 0 Å². The number of carbonyl (C=O) groups excluding carboxylic acids is 3. The van der Waals surface area contributed by atoms with Crippen LogP contribution in [0, 0.1) is 0 Å². The molecule has 0 spiro atoms. The molecule has 0 aliphatic carbocycles. The van der Waals surface area contributed by atoms with E-state index in [9.17, 15) is 22.8 Å². The molecule has 10 heteroatoms. The summed E-state index contributed by atoms with van der Waals surface area (Å²) in [6.07, 6.45) is 0.469. The Bertz CT molecular complexity index is 937. The molecule has 1 unspecified atom stereocenters. The van der Waals surface area contributed by atoms with Gasteiger partial charge in [-0.05, 0) is 25.8 Å². The summed E-state index contributed by atoms with van der Waals surface area (Å²) >= 11 is 1.35. The van der Waals surface area contributed by atoms with Gasteiger partial charge in [0.2, 0.25) is 11.8 Å². The lowest BCUT2D eigenvalue weighted by Crippen LogP contribution is -2.44. The van der Waals surface area contributed by atoms with Crippen LogP contribution in [0.5, 0.6) is 0 Å². The fourth-order valence-corrected chi connectivity index (χ4v) is 6.02. The molecule has 3 heterocycles. The molecule has 0 radical (unpaired) electrons. The molecule has 0 saturated heterocycles. The number of likely N-dealkylation sites (N-methyl/N-ethyl adjacent to an activating group) is 2. The topological polar surface area (TPSA) is 95.1 Å². The molecule has 3 amide bonds. The van der Waals surface area contributed by atoms with Crippen LogP contribution in [-0.2, 0) is 32.4 Å². The van der Waals surface area contributed by atoms with Gasteiger partial charge in [0.05, 0.1) is 12.1 Å². The minimum atomic E-state index is -3.47. The summed E-state index contributed by atoms with van der Waals surface area (Å²) in [5, 5.41) is -0.450. The van der Waals surface area contributed by atoms with Crippen molar-refractivity contribution in [2.24, 2.45) is 0 Å². The molecule has 0 aromatic carbocycles. The average Bonchev–Trinajstić information content (AvgIpc) is 3.00. The fraction of sp³-hybridized carbons (Fsp3) is 0.611. The zero-order valence-electron chi connectivity index (χ0n) is 16.5. The summed E-state index contributed by atoms with van der Waals surface area (Å²) in [5.74, 6) is -0.812. The van der Waals surface area contributed by atoms with Crippen LogP contribution in [0.15, 0.2) is 0 Å². The molecule has 0 N–H and O–H groups in total. The van der Waals surface area contributed by atoms with Crippen LogP contribution in [0.3, 0.4) is 0 Å². The zero-order valence-corrected chi connectivity index (χ0v) is 18.2. The largest absolute Gasteiger partial charge is 0.336 e. The van der Waals surface area contributed by atoms with E-state index in [0.29, 0.717) is 30.1 Å². The Kier molecular flexibility index (Phi) is 5.55. The van der Waals surface area contributed by atoms with E-state index in [0.717, 1.165) is 10.4 Å². The summed E-state index contributed by atoms with van der Waals surface area (Å²) in [5.41, 5.74) is 1.43. The van der Waals surface area contributed by atoms with E-state index in [-0.39, 0.29) is 30.7 Å². The molecule has 0 fully saturated rings. The number of carbonyl (C=O) groups is 3. The summed E-state index contributed by atoms with van der Waals surface area (Å²) in [4.78, 5) is 43.5. The lowest BCUT2D eigenvalue weighted by molar-refractivity contribution is -0.131. The Balaban J connectivity index is 1.96. The van der Waals surface area contributed by atoms with Crippen LogP contribution in [-0.4, -0.2) is 73.6 Å². The van der Waals surface area contributed by atoms with Gasteiger partial charge in [-0.15, -0.1) is 11.3 Å². The van der Waals surface area contributed by atoms with Crippen LogP contribution in [0.1, 0.15) is 41.6 Å². The van der Waals surface area contributed by atoms with Gasteiger partial charge in [-0.3, -0.25) is 14.4 Å². The van der Waals surface area contributed by atoms with Crippen LogP contribution < -0.4 is 4.90 Å². The van der Waals surface area contributed by atoms with Crippen molar-refractivity contribution < 1.29 is 22.8 Å². The van der Waals surface area contributed by atoms with Gasteiger partial charge in [-0.25, -0.2) is 8.42 Å². The van der Waals surface area contributed by atoms with E-state index < -0.39 is 21.0 Å². The summed E-state index contributed by atoms with van der Waals surface area (Å²) in [6.45, 7) is 5.94. The molecule has 0 bridgehead atoms. The number of anilines is 1. The van der Waals surface area contributed by atoms with Crippen molar-refractivity contribution in [1.29, 1.82) is 0 Å². The first-order valence-corrected chi connectivity index (χ1v) is 11.9. The van der Waals surface area contributed by atoms with Gasteiger partial charge in [-0.2, -0.15) is 0 Å². The lowest BCUT2D eigenvalue weighted by Gasteiger charge is -2.29. The molecule has 0 saturated carbocycles. The average molecular weight is 428 g/mol. The number of nitrogens with zero attached hydrogens (tertiary/aromatic N) is 3. The predicted molar refractivity (Wildman–Crippen MR) is 107 cm³/mol.